The molecule has 3 heteroatoms. The van der Waals surface area contributed by atoms with E-state index < -0.39 is 0 Å². The van der Waals surface area contributed by atoms with Gasteiger partial charge in [-0.2, -0.15) is 0 Å². The van der Waals surface area contributed by atoms with Crippen molar-refractivity contribution in [2.75, 3.05) is 7.05 Å². The van der Waals surface area contributed by atoms with Crippen LogP contribution in [0.4, 0.5) is 4.79 Å². The van der Waals surface area contributed by atoms with Crippen LogP contribution in [0.2, 0.25) is 0 Å². The van der Waals surface area contributed by atoms with Gasteiger partial charge in [-0.05, 0) is 29.9 Å². The van der Waals surface area contributed by atoms with Gasteiger partial charge in [0.2, 0.25) is 0 Å². The van der Waals surface area contributed by atoms with E-state index in [4.69, 9.17) is 0 Å². The Balaban J connectivity index is 1.84. The fourth-order valence-corrected chi connectivity index (χ4v) is 2.89. The van der Waals surface area contributed by atoms with Crippen LogP contribution in [-0.2, 0) is 6.54 Å². The van der Waals surface area contributed by atoms with Crippen molar-refractivity contribution in [3.63, 3.8) is 0 Å². The predicted molar refractivity (Wildman–Crippen MR) is 87.4 cm³/mol. The molecule has 0 atom stereocenters. The van der Waals surface area contributed by atoms with Crippen LogP contribution >= 0.6 is 0 Å². The zero-order chi connectivity index (χ0) is 15.2. The second-order valence-electron chi connectivity index (χ2n) is 6.54. The molecule has 1 aliphatic rings. The summed E-state index contributed by atoms with van der Waals surface area (Å²) in [7, 11) is 1.87. The highest BCUT2D eigenvalue weighted by atomic mass is 16.2. The van der Waals surface area contributed by atoms with E-state index in [1.807, 2.05) is 7.05 Å². The van der Waals surface area contributed by atoms with Crippen molar-refractivity contribution in [1.29, 1.82) is 0 Å². The van der Waals surface area contributed by atoms with Crippen LogP contribution in [-0.4, -0.2) is 24.0 Å². The number of hydrogen-bond acceptors (Lipinski definition) is 1. The van der Waals surface area contributed by atoms with E-state index in [-0.39, 0.29) is 6.03 Å². The Bertz CT molecular complexity index is 447. The SMILES string of the molecule is CC(C)c1ccc(CN(C)C(=O)NC2CCCCC2)cc1. The summed E-state index contributed by atoms with van der Waals surface area (Å²) in [6, 6.07) is 8.99. The van der Waals surface area contributed by atoms with Crippen molar-refractivity contribution in [3.05, 3.63) is 35.4 Å². The predicted octanol–water partition coefficient (Wildman–Crippen LogP) is 4.28. The monoisotopic (exact) mass is 288 g/mol. The fourth-order valence-electron chi connectivity index (χ4n) is 2.89. The Morgan fingerprint density at radius 1 is 1.19 bits per heavy atom. The number of benzene rings is 1. The van der Waals surface area contributed by atoms with Gasteiger partial charge in [0.25, 0.3) is 0 Å². The topological polar surface area (TPSA) is 32.3 Å². The molecule has 2 rings (SSSR count). The van der Waals surface area contributed by atoms with Crippen molar-refractivity contribution in [2.24, 2.45) is 0 Å². The Kier molecular flexibility index (Phi) is 5.66. The number of nitrogens with zero attached hydrogens (tertiary/aromatic N) is 1. The molecule has 0 aliphatic heterocycles. The number of carbonyl (C=O) groups is 1. The smallest absolute Gasteiger partial charge is 0.317 e. The van der Waals surface area contributed by atoms with Crippen molar-refractivity contribution in [3.8, 4) is 0 Å². The number of nitrogens with one attached hydrogen (secondary N) is 1. The van der Waals surface area contributed by atoms with Gasteiger partial charge in [-0.25, -0.2) is 4.79 Å². The van der Waals surface area contributed by atoms with Crippen molar-refractivity contribution < 1.29 is 4.79 Å². The van der Waals surface area contributed by atoms with Gasteiger partial charge < -0.3 is 10.2 Å². The molecule has 1 aliphatic carbocycles. The Hall–Kier alpha value is -1.51. The molecule has 1 N–H and O–H groups in total. The number of urea groups is 1. The molecule has 0 radical (unpaired) electrons. The van der Waals surface area contributed by atoms with Gasteiger partial charge in [0.05, 0.1) is 0 Å². The second-order valence-corrected chi connectivity index (χ2v) is 6.54. The molecule has 116 valence electrons. The van der Waals surface area contributed by atoms with Gasteiger partial charge in [-0.1, -0.05) is 57.4 Å². The van der Waals surface area contributed by atoms with Crippen LogP contribution in [0, 0.1) is 0 Å². The molecule has 21 heavy (non-hydrogen) atoms. The Morgan fingerprint density at radius 2 is 1.81 bits per heavy atom. The molecule has 0 bridgehead atoms. The molecule has 0 unspecified atom stereocenters. The first-order valence-electron chi connectivity index (χ1n) is 8.16. The minimum absolute atomic E-state index is 0.0508. The third kappa shape index (κ3) is 4.76. The minimum Gasteiger partial charge on any atom is -0.335 e. The van der Waals surface area contributed by atoms with Gasteiger partial charge in [0.15, 0.2) is 0 Å². The van der Waals surface area contributed by atoms with Crippen LogP contribution in [0.1, 0.15) is 63.0 Å². The summed E-state index contributed by atoms with van der Waals surface area (Å²) in [6.45, 7) is 5.05. The number of amides is 2. The van der Waals surface area contributed by atoms with E-state index in [1.54, 1.807) is 4.90 Å². The average Bonchev–Trinajstić information content (AvgIpc) is 2.48. The maximum atomic E-state index is 12.2. The zero-order valence-electron chi connectivity index (χ0n) is 13.6. The summed E-state index contributed by atoms with van der Waals surface area (Å²) in [5, 5.41) is 3.16. The van der Waals surface area contributed by atoms with Crippen LogP contribution in [0.15, 0.2) is 24.3 Å². The number of carbonyl (C=O) groups excluding carboxylic acids is 1. The second kappa shape index (κ2) is 7.48. The molecule has 1 aromatic rings. The van der Waals surface area contributed by atoms with Gasteiger partial charge in [0, 0.05) is 19.6 Å². The first-order valence-corrected chi connectivity index (χ1v) is 8.16. The minimum atomic E-state index is 0.0508. The average molecular weight is 288 g/mol. The highest BCUT2D eigenvalue weighted by Crippen LogP contribution is 2.18. The van der Waals surface area contributed by atoms with E-state index in [0.29, 0.717) is 18.5 Å². The van der Waals surface area contributed by atoms with Gasteiger partial charge >= 0.3 is 6.03 Å². The lowest BCUT2D eigenvalue weighted by Gasteiger charge is -2.26. The molecule has 2 amide bonds. The maximum Gasteiger partial charge on any atom is 0.317 e. The third-order valence-corrected chi connectivity index (χ3v) is 4.35. The molecule has 1 fully saturated rings. The van der Waals surface area contributed by atoms with Gasteiger partial charge in [0.1, 0.15) is 0 Å². The molecule has 0 aromatic heterocycles. The molecule has 0 heterocycles. The van der Waals surface area contributed by atoms with E-state index in [9.17, 15) is 4.79 Å². The normalized spacial score (nSPS) is 16.0. The van der Waals surface area contributed by atoms with Crippen molar-refractivity contribution >= 4 is 6.03 Å². The number of hydrogen-bond donors (Lipinski definition) is 1. The molecule has 3 nitrogen and oxygen atoms in total. The van der Waals surface area contributed by atoms with E-state index in [1.165, 1.54) is 30.4 Å². The zero-order valence-corrected chi connectivity index (χ0v) is 13.6. The summed E-state index contributed by atoms with van der Waals surface area (Å²) >= 11 is 0. The van der Waals surface area contributed by atoms with Gasteiger partial charge in [-0.15, -0.1) is 0 Å². The number of rotatable bonds is 4. The first kappa shape index (κ1) is 15.9. The molecular formula is C18H28N2O. The summed E-state index contributed by atoms with van der Waals surface area (Å²) in [4.78, 5) is 14.0. The standard InChI is InChI=1S/C18H28N2O/c1-14(2)16-11-9-15(10-12-16)13-20(3)18(21)19-17-7-5-4-6-8-17/h9-12,14,17H,4-8,13H2,1-3H3,(H,19,21). The highest BCUT2D eigenvalue weighted by molar-refractivity contribution is 5.74. The molecule has 1 aromatic carbocycles. The van der Waals surface area contributed by atoms with Crippen LogP contribution in [0.3, 0.4) is 0 Å². The lowest BCUT2D eigenvalue weighted by atomic mass is 9.96. The summed E-state index contributed by atoms with van der Waals surface area (Å²) in [5.74, 6) is 0.548. The molecule has 0 saturated heterocycles. The Labute approximate surface area is 128 Å². The first-order chi connectivity index (χ1) is 10.1. The summed E-state index contributed by atoms with van der Waals surface area (Å²) in [5.41, 5.74) is 2.52. The lowest BCUT2D eigenvalue weighted by Crippen LogP contribution is -2.43. The third-order valence-electron chi connectivity index (χ3n) is 4.35. The van der Waals surface area contributed by atoms with E-state index in [2.05, 4.69) is 43.4 Å². The van der Waals surface area contributed by atoms with E-state index >= 15 is 0 Å². The summed E-state index contributed by atoms with van der Waals surface area (Å²) < 4.78 is 0. The highest BCUT2D eigenvalue weighted by Gasteiger charge is 2.17. The fraction of sp³-hybridized carbons (Fsp3) is 0.611. The maximum absolute atomic E-state index is 12.2. The van der Waals surface area contributed by atoms with Crippen LogP contribution < -0.4 is 5.32 Å². The van der Waals surface area contributed by atoms with Crippen molar-refractivity contribution in [1.82, 2.24) is 10.2 Å². The lowest BCUT2D eigenvalue weighted by molar-refractivity contribution is 0.198. The quantitative estimate of drug-likeness (QED) is 0.881. The van der Waals surface area contributed by atoms with Crippen molar-refractivity contribution in [2.45, 2.75) is 64.5 Å². The van der Waals surface area contributed by atoms with E-state index in [0.717, 1.165) is 12.8 Å². The summed E-state index contributed by atoms with van der Waals surface area (Å²) in [6.07, 6.45) is 6.05. The molecule has 1 saturated carbocycles. The molecule has 0 spiro atoms. The Morgan fingerprint density at radius 3 is 2.38 bits per heavy atom. The van der Waals surface area contributed by atoms with Crippen LogP contribution in [0.5, 0.6) is 0 Å². The van der Waals surface area contributed by atoms with Crippen LogP contribution in [0.25, 0.3) is 0 Å². The largest absolute Gasteiger partial charge is 0.335 e. The van der Waals surface area contributed by atoms with Gasteiger partial charge in [-0.3, -0.25) is 0 Å². The molecular weight excluding hydrogens is 260 g/mol.